The van der Waals surface area contributed by atoms with Crippen molar-refractivity contribution in [2.24, 2.45) is 0 Å². The minimum atomic E-state index is 0.139. The molecule has 1 atom stereocenters. The van der Waals surface area contributed by atoms with Crippen molar-refractivity contribution in [3.05, 3.63) is 40.7 Å². The van der Waals surface area contributed by atoms with Crippen molar-refractivity contribution in [1.29, 1.82) is 0 Å². The molecule has 0 spiro atoms. The molecule has 0 bridgehead atoms. The first-order valence-corrected chi connectivity index (χ1v) is 7.52. The van der Waals surface area contributed by atoms with Gasteiger partial charge in [0.1, 0.15) is 0 Å². The summed E-state index contributed by atoms with van der Waals surface area (Å²) < 4.78 is 5.30. The van der Waals surface area contributed by atoms with Crippen LogP contribution in [0.1, 0.15) is 36.9 Å². The van der Waals surface area contributed by atoms with Gasteiger partial charge in [0.25, 0.3) is 0 Å². The molecular weight excluding hydrogens is 288 g/mol. The van der Waals surface area contributed by atoms with E-state index in [-0.39, 0.29) is 17.3 Å². The molecule has 3 rings (SSSR count). The fraction of sp³-hybridized carbons (Fsp3) is 0.400. The predicted octanol–water partition coefficient (Wildman–Crippen LogP) is 3.41. The Balaban J connectivity index is 1.84. The molecule has 2 aromatic rings. The van der Waals surface area contributed by atoms with E-state index in [9.17, 15) is 0 Å². The summed E-state index contributed by atoms with van der Waals surface area (Å²) in [6.45, 7) is 2.37. The van der Waals surface area contributed by atoms with Crippen molar-refractivity contribution in [1.82, 2.24) is 15.0 Å². The van der Waals surface area contributed by atoms with Gasteiger partial charge in [0, 0.05) is 0 Å². The van der Waals surface area contributed by atoms with E-state index in [2.05, 4.69) is 44.5 Å². The van der Waals surface area contributed by atoms with Crippen LogP contribution in [0.2, 0.25) is 5.28 Å². The van der Waals surface area contributed by atoms with Crippen molar-refractivity contribution in [2.45, 2.75) is 32.2 Å². The highest BCUT2D eigenvalue weighted by Gasteiger charge is 2.20. The van der Waals surface area contributed by atoms with Crippen molar-refractivity contribution in [3.63, 3.8) is 0 Å². The van der Waals surface area contributed by atoms with Crippen LogP contribution in [0, 0.1) is 0 Å². The highest BCUT2D eigenvalue weighted by Crippen LogP contribution is 2.31. The molecular formula is C15H17ClN4O. The molecule has 0 aliphatic heterocycles. The Morgan fingerprint density at radius 1 is 1.29 bits per heavy atom. The van der Waals surface area contributed by atoms with Gasteiger partial charge in [-0.25, -0.2) is 0 Å². The number of nitrogens with zero attached hydrogens (tertiary/aromatic N) is 3. The first-order valence-electron chi connectivity index (χ1n) is 7.15. The summed E-state index contributed by atoms with van der Waals surface area (Å²) in [7, 11) is 0. The average molecular weight is 305 g/mol. The smallest absolute Gasteiger partial charge is 0.322 e. The zero-order valence-electron chi connectivity index (χ0n) is 11.8. The topological polar surface area (TPSA) is 59.9 Å². The largest absolute Gasteiger partial charge is 0.464 e. The second-order valence-electron chi connectivity index (χ2n) is 4.93. The fourth-order valence-electron chi connectivity index (χ4n) is 2.65. The summed E-state index contributed by atoms with van der Waals surface area (Å²) >= 11 is 5.92. The number of rotatable bonds is 4. The van der Waals surface area contributed by atoms with E-state index >= 15 is 0 Å². The third-order valence-electron chi connectivity index (χ3n) is 3.53. The Morgan fingerprint density at radius 3 is 3.00 bits per heavy atom. The van der Waals surface area contributed by atoms with Crippen LogP contribution in [0.3, 0.4) is 0 Å². The number of hydrogen-bond acceptors (Lipinski definition) is 5. The maximum Gasteiger partial charge on any atom is 0.322 e. The van der Waals surface area contributed by atoms with Gasteiger partial charge in [-0.3, -0.25) is 0 Å². The van der Waals surface area contributed by atoms with Gasteiger partial charge in [0.2, 0.25) is 11.2 Å². The highest BCUT2D eigenvalue weighted by molar-refractivity contribution is 6.28. The van der Waals surface area contributed by atoms with Gasteiger partial charge in [0.05, 0.1) is 12.6 Å². The molecule has 1 aliphatic carbocycles. The third-order valence-corrected chi connectivity index (χ3v) is 3.70. The maximum absolute atomic E-state index is 5.92. The van der Waals surface area contributed by atoms with Gasteiger partial charge >= 0.3 is 6.01 Å². The zero-order chi connectivity index (χ0) is 14.7. The van der Waals surface area contributed by atoms with Crippen LogP contribution in [-0.4, -0.2) is 21.6 Å². The van der Waals surface area contributed by atoms with Gasteiger partial charge in [-0.05, 0) is 48.9 Å². The summed E-state index contributed by atoms with van der Waals surface area (Å²) in [6, 6.07) is 8.92. The van der Waals surface area contributed by atoms with Crippen LogP contribution in [0.15, 0.2) is 24.3 Å². The number of fused-ring (bicyclic) bond motifs is 1. The SMILES string of the molecule is CCOc1nc(Cl)nc(NC2CCCc3ccccc32)n1. The number of ether oxygens (including phenoxy) is 1. The van der Waals surface area contributed by atoms with Crippen LogP contribution in [0.4, 0.5) is 5.95 Å². The van der Waals surface area contributed by atoms with Gasteiger partial charge in [-0.2, -0.15) is 15.0 Å². The van der Waals surface area contributed by atoms with Crippen molar-refractivity contribution in [2.75, 3.05) is 11.9 Å². The standard InChI is InChI=1S/C15H17ClN4O/c1-2-21-15-19-13(16)18-14(20-15)17-12-9-5-7-10-6-3-4-8-11(10)12/h3-4,6,8,12H,2,5,7,9H2,1H3,(H,17,18,19,20). The van der Waals surface area contributed by atoms with E-state index in [1.807, 2.05) is 6.92 Å². The van der Waals surface area contributed by atoms with E-state index in [0.717, 1.165) is 19.3 Å². The van der Waals surface area contributed by atoms with Crippen LogP contribution in [0.5, 0.6) is 6.01 Å². The number of halogens is 1. The Morgan fingerprint density at radius 2 is 2.14 bits per heavy atom. The third kappa shape index (κ3) is 3.24. The summed E-state index contributed by atoms with van der Waals surface area (Å²) in [6.07, 6.45) is 3.31. The minimum Gasteiger partial charge on any atom is -0.464 e. The number of hydrogen-bond donors (Lipinski definition) is 1. The highest BCUT2D eigenvalue weighted by atomic mass is 35.5. The first kappa shape index (κ1) is 14.1. The summed E-state index contributed by atoms with van der Waals surface area (Å²) in [5.74, 6) is 0.458. The van der Waals surface area contributed by atoms with Gasteiger partial charge in [-0.15, -0.1) is 0 Å². The number of nitrogens with one attached hydrogen (secondary N) is 1. The molecule has 0 fully saturated rings. The van der Waals surface area contributed by atoms with E-state index < -0.39 is 0 Å². The van der Waals surface area contributed by atoms with Gasteiger partial charge < -0.3 is 10.1 Å². The quantitative estimate of drug-likeness (QED) is 0.938. The van der Waals surface area contributed by atoms with Crippen LogP contribution in [0.25, 0.3) is 0 Å². The van der Waals surface area contributed by atoms with Crippen molar-refractivity contribution in [3.8, 4) is 6.01 Å². The lowest BCUT2D eigenvalue weighted by Crippen LogP contribution is -2.19. The van der Waals surface area contributed by atoms with E-state index in [4.69, 9.17) is 16.3 Å². The summed E-state index contributed by atoms with van der Waals surface area (Å²) in [4.78, 5) is 12.3. The Kier molecular flexibility index (Phi) is 4.20. The lowest BCUT2D eigenvalue weighted by atomic mass is 9.88. The average Bonchev–Trinajstić information content (AvgIpc) is 2.47. The molecule has 0 saturated heterocycles. The molecule has 1 aromatic heterocycles. The monoisotopic (exact) mass is 304 g/mol. The number of aryl methyl sites for hydroxylation is 1. The van der Waals surface area contributed by atoms with Crippen LogP contribution < -0.4 is 10.1 Å². The summed E-state index contributed by atoms with van der Waals surface area (Å²) in [5.41, 5.74) is 2.68. The molecule has 0 radical (unpaired) electrons. The molecule has 21 heavy (non-hydrogen) atoms. The molecule has 1 N–H and O–H groups in total. The molecule has 1 unspecified atom stereocenters. The van der Waals surface area contributed by atoms with Crippen LogP contribution in [-0.2, 0) is 6.42 Å². The first-order chi connectivity index (χ1) is 10.3. The molecule has 1 aromatic carbocycles. The van der Waals surface area contributed by atoms with E-state index in [1.54, 1.807) is 0 Å². The summed E-state index contributed by atoms with van der Waals surface area (Å²) in [5, 5.41) is 3.49. The van der Waals surface area contributed by atoms with Gasteiger partial charge in [0.15, 0.2) is 0 Å². The molecule has 110 valence electrons. The van der Waals surface area contributed by atoms with E-state index in [1.165, 1.54) is 11.1 Å². The Labute approximate surface area is 128 Å². The molecule has 1 heterocycles. The second-order valence-corrected chi connectivity index (χ2v) is 5.27. The Hall–Kier alpha value is -1.88. The lowest BCUT2D eigenvalue weighted by Gasteiger charge is -2.26. The molecule has 6 heteroatoms. The fourth-order valence-corrected chi connectivity index (χ4v) is 2.80. The van der Waals surface area contributed by atoms with Crippen molar-refractivity contribution < 1.29 is 4.74 Å². The Bertz CT molecular complexity index is 635. The molecule has 0 saturated carbocycles. The molecule has 5 nitrogen and oxygen atoms in total. The second kappa shape index (κ2) is 6.26. The number of benzene rings is 1. The number of anilines is 1. The van der Waals surface area contributed by atoms with Crippen LogP contribution >= 0.6 is 11.6 Å². The number of aromatic nitrogens is 3. The van der Waals surface area contributed by atoms with E-state index in [0.29, 0.717) is 12.6 Å². The lowest BCUT2D eigenvalue weighted by molar-refractivity contribution is 0.311. The van der Waals surface area contributed by atoms with Crippen molar-refractivity contribution >= 4 is 17.5 Å². The normalized spacial score (nSPS) is 17.1. The predicted molar refractivity (Wildman–Crippen MR) is 81.7 cm³/mol. The minimum absolute atomic E-state index is 0.139. The molecule has 0 amide bonds. The molecule has 1 aliphatic rings. The van der Waals surface area contributed by atoms with Gasteiger partial charge in [-0.1, -0.05) is 24.3 Å². The zero-order valence-corrected chi connectivity index (χ0v) is 12.6. The maximum atomic E-state index is 5.92.